The number of hydrogen-bond donors (Lipinski definition) is 1. The van der Waals surface area contributed by atoms with E-state index in [-0.39, 0.29) is 24.0 Å². The zero-order valence-corrected chi connectivity index (χ0v) is 16.3. The van der Waals surface area contributed by atoms with E-state index < -0.39 is 5.97 Å². The van der Waals surface area contributed by atoms with Crippen LogP contribution in [0.15, 0.2) is 65.5 Å². The fourth-order valence-electron chi connectivity index (χ4n) is 3.64. The molecular weight excluding hydrogens is 382 g/mol. The lowest BCUT2D eigenvalue weighted by molar-refractivity contribution is 0.0465. The molecule has 0 amide bonds. The number of H-pyrrole nitrogens is 1. The summed E-state index contributed by atoms with van der Waals surface area (Å²) in [6.07, 6.45) is 1.01. The van der Waals surface area contributed by atoms with Crippen molar-refractivity contribution in [2.45, 2.75) is 26.1 Å². The molecule has 1 aliphatic rings. The van der Waals surface area contributed by atoms with E-state index in [1.54, 1.807) is 0 Å². The van der Waals surface area contributed by atoms with Crippen molar-refractivity contribution in [1.29, 1.82) is 0 Å². The standard InChI is InChI=1S/C23H19N3O4/c1-14-9-17-10-15(7-8-20(17)30-14)13-29-23(28)19-11-21-24-18(12-22(27)26(21)25-19)16-5-3-2-4-6-16/h2-8,10-12,14,25H,9,13H2,1H3. The smallest absolute Gasteiger partial charge is 0.356 e. The second-order valence-corrected chi connectivity index (χ2v) is 7.36. The van der Waals surface area contributed by atoms with E-state index >= 15 is 0 Å². The summed E-state index contributed by atoms with van der Waals surface area (Å²) in [5.41, 5.74) is 3.61. The Morgan fingerprint density at radius 2 is 2.03 bits per heavy atom. The zero-order chi connectivity index (χ0) is 20.7. The van der Waals surface area contributed by atoms with Crippen LogP contribution in [-0.4, -0.2) is 26.7 Å². The Morgan fingerprint density at radius 3 is 2.87 bits per heavy atom. The Morgan fingerprint density at radius 1 is 1.20 bits per heavy atom. The normalized spacial score (nSPS) is 15.0. The number of fused-ring (bicyclic) bond motifs is 2. The Kier molecular flexibility index (Phi) is 4.35. The van der Waals surface area contributed by atoms with Gasteiger partial charge in [0.05, 0.1) is 5.69 Å². The van der Waals surface area contributed by atoms with Crippen LogP contribution in [0.3, 0.4) is 0 Å². The van der Waals surface area contributed by atoms with Crippen LogP contribution in [-0.2, 0) is 17.8 Å². The second-order valence-electron chi connectivity index (χ2n) is 7.36. The van der Waals surface area contributed by atoms with Crippen molar-refractivity contribution < 1.29 is 14.3 Å². The van der Waals surface area contributed by atoms with Crippen LogP contribution >= 0.6 is 0 Å². The average Bonchev–Trinajstić information content (AvgIpc) is 3.35. The van der Waals surface area contributed by atoms with Crippen molar-refractivity contribution in [3.8, 4) is 17.0 Å². The molecule has 0 saturated heterocycles. The van der Waals surface area contributed by atoms with Gasteiger partial charge in [0.15, 0.2) is 5.65 Å². The van der Waals surface area contributed by atoms with E-state index in [4.69, 9.17) is 9.47 Å². The summed E-state index contributed by atoms with van der Waals surface area (Å²) in [5, 5.41) is 2.77. The fourth-order valence-corrected chi connectivity index (χ4v) is 3.64. The molecule has 0 fully saturated rings. The summed E-state index contributed by atoms with van der Waals surface area (Å²) in [6, 6.07) is 18.1. The Balaban J connectivity index is 1.36. The largest absolute Gasteiger partial charge is 0.490 e. The minimum Gasteiger partial charge on any atom is -0.490 e. The Bertz CT molecular complexity index is 1310. The minimum absolute atomic E-state index is 0.132. The molecule has 150 valence electrons. The Labute approximate surface area is 171 Å². The van der Waals surface area contributed by atoms with E-state index in [9.17, 15) is 9.59 Å². The van der Waals surface area contributed by atoms with Crippen molar-refractivity contribution in [1.82, 2.24) is 14.6 Å². The molecule has 0 aliphatic carbocycles. The third-order valence-electron chi connectivity index (χ3n) is 5.07. The van der Waals surface area contributed by atoms with Gasteiger partial charge in [0.25, 0.3) is 5.56 Å². The maximum absolute atomic E-state index is 12.5. The van der Waals surface area contributed by atoms with E-state index in [2.05, 4.69) is 10.1 Å². The lowest BCUT2D eigenvalue weighted by Crippen LogP contribution is -2.15. The first kappa shape index (κ1) is 18.2. The third-order valence-corrected chi connectivity index (χ3v) is 5.07. The fraction of sp³-hybridized carbons (Fsp3) is 0.174. The summed E-state index contributed by atoms with van der Waals surface area (Å²) in [6.45, 7) is 2.15. The SMILES string of the molecule is CC1Cc2cc(COC(=O)c3cc4nc(-c5ccccc5)cc(=O)n4[nH]3)ccc2O1. The molecule has 2 aromatic heterocycles. The van der Waals surface area contributed by atoms with Crippen LogP contribution in [0.2, 0.25) is 0 Å². The highest BCUT2D eigenvalue weighted by molar-refractivity contribution is 5.88. The summed E-state index contributed by atoms with van der Waals surface area (Å²) >= 11 is 0. The van der Waals surface area contributed by atoms with Crippen LogP contribution in [0.25, 0.3) is 16.9 Å². The van der Waals surface area contributed by atoms with Gasteiger partial charge in [0.2, 0.25) is 0 Å². The predicted octanol–water partition coefficient (Wildman–Crippen LogP) is 3.37. The molecule has 1 aliphatic heterocycles. The minimum atomic E-state index is -0.550. The molecule has 0 bridgehead atoms. The van der Waals surface area contributed by atoms with Gasteiger partial charge in [-0.3, -0.25) is 9.89 Å². The number of nitrogens with one attached hydrogen (secondary N) is 1. The highest BCUT2D eigenvalue weighted by atomic mass is 16.5. The highest BCUT2D eigenvalue weighted by Gasteiger charge is 2.19. The van der Waals surface area contributed by atoms with Crippen LogP contribution in [0, 0.1) is 0 Å². The van der Waals surface area contributed by atoms with Gasteiger partial charge in [-0.1, -0.05) is 36.4 Å². The van der Waals surface area contributed by atoms with Crippen molar-refractivity contribution in [2.75, 3.05) is 0 Å². The first-order valence-electron chi connectivity index (χ1n) is 9.71. The van der Waals surface area contributed by atoms with Crippen LogP contribution in [0.4, 0.5) is 0 Å². The van der Waals surface area contributed by atoms with Crippen molar-refractivity contribution >= 4 is 11.6 Å². The second kappa shape index (κ2) is 7.18. The molecule has 30 heavy (non-hydrogen) atoms. The first-order chi connectivity index (χ1) is 14.6. The maximum Gasteiger partial charge on any atom is 0.356 e. The van der Waals surface area contributed by atoms with Crippen molar-refractivity contribution in [3.63, 3.8) is 0 Å². The molecule has 0 spiro atoms. The number of carbonyl (C=O) groups excluding carboxylic acids is 1. The molecule has 1 N–H and O–H groups in total. The monoisotopic (exact) mass is 401 g/mol. The molecule has 1 unspecified atom stereocenters. The lowest BCUT2D eigenvalue weighted by atomic mass is 10.1. The molecule has 7 heteroatoms. The van der Waals surface area contributed by atoms with Gasteiger partial charge < -0.3 is 9.47 Å². The number of hydrogen-bond acceptors (Lipinski definition) is 5. The predicted molar refractivity (Wildman–Crippen MR) is 111 cm³/mol. The van der Waals surface area contributed by atoms with Gasteiger partial charge in [-0.2, -0.15) is 0 Å². The van der Waals surface area contributed by atoms with Gasteiger partial charge in [-0.05, 0) is 30.2 Å². The summed E-state index contributed by atoms with van der Waals surface area (Å²) in [4.78, 5) is 29.5. The molecular formula is C23H19N3O4. The van der Waals surface area contributed by atoms with Crippen LogP contribution < -0.4 is 10.3 Å². The topological polar surface area (TPSA) is 85.7 Å². The van der Waals surface area contributed by atoms with Crippen molar-refractivity contribution in [2.24, 2.45) is 0 Å². The van der Waals surface area contributed by atoms with Gasteiger partial charge >= 0.3 is 5.97 Å². The molecule has 0 radical (unpaired) electrons. The number of aromatic amines is 1. The zero-order valence-electron chi connectivity index (χ0n) is 16.3. The van der Waals surface area contributed by atoms with E-state index in [1.807, 2.05) is 55.5 Å². The van der Waals surface area contributed by atoms with Gasteiger partial charge in [-0.25, -0.2) is 14.3 Å². The van der Waals surface area contributed by atoms with E-state index in [0.29, 0.717) is 11.3 Å². The van der Waals surface area contributed by atoms with Gasteiger partial charge in [0.1, 0.15) is 24.2 Å². The van der Waals surface area contributed by atoms with E-state index in [1.165, 1.54) is 16.6 Å². The highest BCUT2D eigenvalue weighted by Crippen LogP contribution is 2.29. The number of aromatic nitrogens is 3. The number of nitrogens with zero attached hydrogens (tertiary/aromatic N) is 2. The summed E-state index contributed by atoms with van der Waals surface area (Å²) in [5.74, 6) is 0.333. The molecule has 1 atom stereocenters. The number of rotatable bonds is 4. The molecule has 5 rings (SSSR count). The average molecular weight is 401 g/mol. The first-order valence-corrected chi connectivity index (χ1v) is 9.71. The molecule has 2 aromatic carbocycles. The number of ether oxygens (including phenoxy) is 2. The van der Waals surface area contributed by atoms with E-state index in [0.717, 1.165) is 28.9 Å². The number of carbonyl (C=O) groups is 1. The molecule has 4 aromatic rings. The number of esters is 1. The number of benzene rings is 2. The molecule has 3 heterocycles. The van der Waals surface area contributed by atoms with Crippen LogP contribution in [0.1, 0.15) is 28.5 Å². The van der Waals surface area contributed by atoms with Crippen LogP contribution in [0.5, 0.6) is 5.75 Å². The summed E-state index contributed by atoms with van der Waals surface area (Å²) in [7, 11) is 0. The van der Waals surface area contributed by atoms with Crippen molar-refractivity contribution in [3.05, 3.63) is 87.8 Å². The molecule has 7 nitrogen and oxygen atoms in total. The quantitative estimate of drug-likeness (QED) is 0.530. The summed E-state index contributed by atoms with van der Waals surface area (Å²) < 4.78 is 12.4. The van der Waals surface area contributed by atoms with Gasteiger partial charge in [-0.15, -0.1) is 0 Å². The maximum atomic E-state index is 12.5. The third kappa shape index (κ3) is 3.34. The van der Waals surface area contributed by atoms with Gasteiger partial charge in [0, 0.05) is 24.1 Å². The molecule has 0 saturated carbocycles. The Hall–Kier alpha value is -3.87. The lowest BCUT2D eigenvalue weighted by Gasteiger charge is -2.05.